The number of hydrogen-bond acceptors (Lipinski definition) is 3. The largest absolute Gasteiger partial charge is 0.381 e. The van der Waals surface area contributed by atoms with Gasteiger partial charge in [-0.2, -0.15) is 0 Å². The van der Waals surface area contributed by atoms with Crippen molar-refractivity contribution in [2.45, 2.75) is 31.3 Å². The van der Waals surface area contributed by atoms with E-state index in [0.29, 0.717) is 19.6 Å². The Balaban J connectivity index is 1.80. The Morgan fingerprint density at radius 1 is 1.42 bits per heavy atom. The predicted molar refractivity (Wildman–Crippen MR) is 90.7 cm³/mol. The van der Waals surface area contributed by atoms with E-state index in [-0.39, 0.29) is 18.0 Å². The van der Waals surface area contributed by atoms with E-state index in [2.05, 4.69) is 16.0 Å². The van der Waals surface area contributed by atoms with Gasteiger partial charge >= 0.3 is 6.03 Å². The summed E-state index contributed by atoms with van der Waals surface area (Å²) in [5.74, 6) is -2.05. The van der Waals surface area contributed by atoms with E-state index in [9.17, 15) is 18.4 Å². The van der Waals surface area contributed by atoms with Gasteiger partial charge in [-0.3, -0.25) is 4.79 Å². The second-order valence-corrected chi connectivity index (χ2v) is 6.93. The van der Waals surface area contributed by atoms with Crippen LogP contribution < -0.4 is 16.0 Å². The summed E-state index contributed by atoms with van der Waals surface area (Å²) in [5, 5.41) is 7.14. The molecule has 2 aliphatic heterocycles. The van der Waals surface area contributed by atoms with Crippen LogP contribution in [0.15, 0.2) is 12.1 Å². The monoisotopic (exact) mass is 387 g/mol. The number of ether oxygens (including phenoxy) is 1. The van der Waals surface area contributed by atoms with Crippen LogP contribution in [-0.4, -0.2) is 37.7 Å². The molecule has 1 aromatic carbocycles. The molecule has 26 heavy (non-hydrogen) atoms. The van der Waals surface area contributed by atoms with Crippen molar-refractivity contribution in [3.8, 4) is 0 Å². The Morgan fingerprint density at radius 3 is 2.88 bits per heavy atom. The maximum Gasteiger partial charge on any atom is 0.315 e. The maximum atomic E-state index is 14.5. The van der Waals surface area contributed by atoms with Crippen molar-refractivity contribution in [1.82, 2.24) is 16.0 Å². The number of urea groups is 1. The van der Waals surface area contributed by atoms with Crippen LogP contribution in [0.1, 0.15) is 30.9 Å². The molecular weight excluding hydrogens is 368 g/mol. The van der Waals surface area contributed by atoms with Crippen LogP contribution in [-0.2, 0) is 9.53 Å². The molecule has 0 spiro atoms. The highest BCUT2D eigenvalue weighted by atomic mass is 35.5. The number of rotatable bonds is 5. The third-order valence-corrected chi connectivity index (χ3v) is 5.02. The van der Waals surface area contributed by atoms with Crippen LogP contribution in [0.25, 0.3) is 0 Å². The third kappa shape index (κ3) is 4.24. The maximum absolute atomic E-state index is 14.5. The lowest BCUT2D eigenvalue weighted by molar-refractivity contribution is -0.123. The van der Waals surface area contributed by atoms with Gasteiger partial charge in [-0.25, -0.2) is 13.6 Å². The lowest BCUT2D eigenvalue weighted by Crippen LogP contribution is -2.45. The predicted octanol–water partition coefficient (Wildman–Crippen LogP) is 2.27. The lowest BCUT2D eigenvalue weighted by Gasteiger charge is -2.28. The van der Waals surface area contributed by atoms with Gasteiger partial charge in [-0.1, -0.05) is 17.7 Å². The quantitative estimate of drug-likeness (QED) is 0.678. The number of benzene rings is 1. The van der Waals surface area contributed by atoms with E-state index in [1.54, 1.807) is 0 Å². The molecule has 2 heterocycles. The van der Waals surface area contributed by atoms with E-state index in [1.807, 2.05) is 0 Å². The molecule has 0 aromatic heterocycles. The van der Waals surface area contributed by atoms with E-state index in [0.717, 1.165) is 18.9 Å². The van der Waals surface area contributed by atoms with Gasteiger partial charge < -0.3 is 20.7 Å². The van der Waals surface area contributed by atoms with Crippen molar-refractivity contribution in [2.75, 3.05) is 19.8 Å². The van der Waals surface area contributed by atoms with Crippen LogP contribution in [0.2, 0.25) is 5.02 Å². The molecule has 1 aromatic rings. The zero-order valence-corrected chi connectivity index (χ0v) is 14.7. The highest BCUT2D eigenvalue weighted by molar-refractivity contribution is 6.31. The second kappa shape index (κ2) is 8.18. The van der Waals surface area contributed by atoms with Crippen molar-refractivity contribution in [2.24, 2.45) is 5.92 Å². The average Bonchev–Trinajstić information content (AvgIpc) is 3.07. The van der Waals surface area contributed by atoms with Gasteiger partial charge in [0.05, 0.1) is 6.04 Å². The molecule has 0 aliphatic carbocycles. The first-order valence-electron chi connectivity index (χ1n) is 8.51. The second-order valence-electron chi connectivity index (χ2n) is 6.55. The van der Waals surface area contributed by atoms with E-state index in [4.69, 9.17) is 16.3 Å². The van der Waals surface area contributed by atoms with Crippen molar-refractivity contribution in [1.29, 1.82) is 0 Å². The van der Waals surface area contributed by atoms with Crippen LogP contribution in [0.4, 0.5) is 13.6 Å². The molecule has 3 atom stereocenters. The van der Waals surface area contributed by atoms with Gasteiger partial charge in [0, 0.05) is 25.3 Å². The van der Waals surface area contributed by atoms with Crippen molar-refractivity contribution < 1.29 is 23.1 Å². The molecule has 0 saturated carbocycles. The first-order chi connectivity index (χ1) is 12.5. The lowest BCUT2D eigenvalue weighted by atomic mass is 9.90. The van der Waals surface area contributed by atoms with Gasteiger partial charge in [0.15, 0.2) is 0 Å². The van der Waals surface area contributed by atoms with Crippen molar-refractivity contribution in [3.63, 3.8) is 0 Å². The van der Waals surface area contributed by atoms with Crippen LogP contribution in [0.5, 0.6) is 0 Å². The summed E-state index contributed by atoms with van der Waals surface area (Å²) in [6.07, 6.45) is 2.21. The number of nitrogens with one attached hydrogen (secondary N) is 3. The molecular formula is C17H20ClF2N3O3. The Labute approximate surface area is 154 Å². The fraction of sp³-hybridized carbons (Fsp3) is 0.529. The molecule has 6 nitrogen and oxygen atoms in total. The van der Waals surface area contributed by atoms with E-state index < -0.39 is 40.7 Å². The molecule has 2 fully saturated rings. The van der Waals surface area contributed by atoms with Gasteiger partial charge in [0.1, 0.15) is 22.7 Å². The number of hydrogen-bond donors (Lipinski definition) is 3. The molecule has 3 amide bonds. The summed E-state index contributed by atoms with van der Waals surface area (Å²) in [7, 11) is 0. The standard InChI is InChI=1S/C17H20ClF2N3O3/c18-14-11(19)4-3-10(15(14)20)12(6-9-2-1-5-26-8-9)22-16(24)13-7-21-17(25)23-13/h3-4,9,12-13H,1-2,5-8H2,(H,22,24)(H2,21,23,25)/t9-,12+,13+/m1/s1. The smallest absolute Gasteiger partial charge is 0.315 e. The van der Waals surface area contributed by atoms with E-state index >= 15 is 0 Å². The minimum absolute atomic E-state index is 0.118. The summed E-state index contributed by atoms with van der Waals surface area (Å²) in [6.45, 7) is 1.35. The van der Waals surface area contributed by atoms with E-state index in [1.165, 1.54) is 6.07 Å². The first-order valence-corrected chi connectivity index (χ1v) is 8.89. The number of amides is 3. The van der Waals surface area contributed by atoms with Crippen LogP contribution in [0, 0.1) is 17.6 Å². The molecule has 142 valence electrons. The van der Waals surface area contributed by atoms with Gasteiger partial charge in [0.25, 0.3) is 0 Å². The molecule has 0 unspecified atom stereocenters. The zero-order valence-electron chi connectivity index (χ0n) is 14.0. The summed E-state index contributed by atoms with van der Waals surface area (Å²) in [4.78, 5) is 23.7. The summed E-state index contributed by atoms with van der Waals surface area (Å²) in [6, 6.07) is 0.488. The molecule has 2 aliphatic rings. The molecule has 3 rings (SSSR count). The average molecular weight is 388 g/mol. The minimum atomic E-state index is -0.887. The Bertz CT molecular complexity index is 698. The number of halogens is 3. The van der Waals surface area contributed by atoms with Gasteiger partial charge in [-0.15, -0.1) is 0 Å². The normalized spacial score (nSPS) is 23.9. The van der Waals surface area contributed by atoms with Crippen molar-refractivity contribution in [3.05, 3.63) is 34.4 Å². The molecule has 9 heteroatoms. The number of carbonyl (C=O) groups is 2. The highest BCUT2D eigenvalue weighted by Gasteiger charge is 2.31. The Hall–Kier alpha value is -1.93. The van der Waals surface area contributed by atoms with Crippen molar-refractivity contribution >= 4 is 23.5 Å². The molecule has 0 bridgehead atoms. The SMILES string of the molecule is O=C1NC[C@@H](C(=O)N[C@@H](C[C@H]2CCCOC2)c2ccc(F)c(Cl)c2F)N1. The van der Waals surface area contributed by atoms with Gasteiger partial charge in [0.2, 0.25) is 5.91 Å². The molecule has 0 radical (unpaired) electrons. The topological polar surface area (TPSA) is 79.5 Å². The van der Waals surface area contributed by atoms with Gasteiger partial charge in [-0.05, 0) is 31.2 Å². The zero-order chi connectivity index (χ0) is 18.7. The summed E-state index contributed by atoms with van der Waals surface area (Å²) < 4.78 is 33.5. The molecule has 3 N–H and O–H groups in total. The fourth-order valence-electron chi connectivity index (χ4n) is 3.29. The minimum Gasteiger partial charge on any atom is -0.381 e. The van der Waals surface area contributed by atoms with Crippen LogP contribution in [0.3, 0.4) is 0 Å². The summed E-state index contributed by atoms with van der Waals surface area (Å²) in [5.41, 5.74) is 0.118. The third-order valence-electron chi connectivity index (χ3n) is 4.67. The highest BCUT2D eigenvalue weighted by Crippen LogP contribution is 2.31. The fourth-order valence-corrected chi connectivity index (χ4v) is 3.46. The van der Waals surface area contributed by atoms with Crippen LogP contribution >= 0.6 is 11.6 Å². The Kier molecular flexibility index (Phi) is 5.93. The first kappa shape index (κ1) is 18.8. The Morgan fingerprint density at radius 2 is 2.23 bits per heavy atom. The molecule has 2 saturated heterocycles. The summed E-state index contributed by atoms with van der Waals surface area (Å²) >= 11 is 5.70. The number of carbonyl (C=O) groups excluding carboxylic acids is 2.